The Morgan fingerprint density at radius 2 is 1.52 bits per heavy atom. The largest absolute Gasteiger partial charge is 0.497 e. The van der Waals surface area contributed by atoms with Crippen LogP contribution in [0.15, 0.2) is 54.6 Å². The molecule has 2 aromatic carbocycles. The molecule has 0 N–H and O–H groups in total. The van der Waals surface area contributed by atoms with Crippen LogP contribution in [-0.2, 0) is 11.4 Å². The van der Waals surface area contributed by atoms with Crippen LogP contribution in [0, 0.1) is 6.92 Å². The Morgan fingerprint density at radius 1 is 0.879 bits per heavy atom. The number of methoxy groups -OCH3 is 1. The van der Waals surface area contributed by atoms with Crippen molar-refractivity contribution >= 4 is 11.8 Å². The van der Waals surface area contributed by atoms with Gasteiger partial charge in [-0.3, -0.25) is 19.0 Å². The summed E-state index contributed by atoms with van der Waals surface area (Å²) in [5, 5.41) is 1.11. The van der Waals surface area contributed by atoms with Crippen LogP contribution in [0.2, 0.25) is 0 Å². The summed E-state index contributed by atoms with van der Waals surface area (Å²) in [6, 6.07) is 16.7. The van der Waals surface area contributed by atoms with Crippen molar-refractivity contribution in [3.05, 3.63) is 77.1 Å². The number of benzene rings is 2. The Kier molecular flexibility index (Phi) is 7.40. The van der Waals surface area contributed by atoms with Gasteiger partial charge in [0.15, 0.2) is 11.4 Å². The van der Waals surface area contributed by atoms with Crippen LogP contribution in [0.25, 0.3) is 5.69 Å². The lowest BCUT2D eigenvalue weighted by Crippen LogP contribution is -2.30. The van der Waals surface area contributed by atoms with E-state index in [0.29, 0.717) is 28.4 Å². The molecule has 1 heterocycles. The molecule has 8 nitrogen and oxygen atoms in total. The fourth-order valence-electron chi connectivity index (χ4n) is 3.45. The van der Waals surface area contributed by atoms with Gasteiger partial charge in [0.25, 0.3) is 11.8 Å². The van der Waals surface area contributed by atoms with E-state index in [1.165, 1.54) is 19.1 Å². The zero-order valence-electron chi connectivity index (χ0n) is 19.8. The molecule has 0 aliphatic carbocycles. The summed E-state index contributed by atoms with van der Waals surface area (Å²) >= 11 is 0. The van der Waals surface area contributed by atoms with Crippen LogP contribution < -0.4 is 9.47 Å². The molecule has 0 fully saturated rings. The van der Waals surface area contributed by atoms with Crippen molar-refractivity contribution in [3.63, 3.8) is 0 Å². The van der Waals surface area contributed by atoms with E-state index < -0.39 is 5.91 Å². The number of nitrogens with zero attached hydrogens (tertiary/aromatic N) is 3. The molecule has 1 aromatic heterocycles. The standard InChI is InChI=1S/C25H29N3O5/c1-17-21(24(29)26(2)3)28(19-12-14-20(31-5)15-13-19)22(25(30)27(4)32-6)23(17)33-16-18-10-8-7-9-11-18/h7-15H,16H2,1-6H3. The second-order valence-corrected chi connectivity index (χ2v) is 7.64. The van der Waals surface area contributed by atoms with Crippen LogP contribution in [0.3, 0.4) is 0 Å². The molecule has 0 aliphatic heterocycles. The second-order valence-electron chi connectivity index (χ2n) is 7.64. The number of carbonyl (C=O) groups is 2. The van der Waals surface area contributed by atoms with E-state index in [4.69, 9.17) is 14.3 Å². The number of hydroxylamine groups is 2. The van der Waals surface area contributed by atoms with E-state index in [1.54, 1.807) is 57.0 Å². The van der Waals surface area contributed by atoms with E-state index in [0.717, 1.165) is 10.6 Å². The first-order chi connectivity index (χ1) is 15.8. The lowest BCUT2D eigenvalue weighted by atomic mass is 10.2. The topological polar surface area (TPSA) is 73.2 Å². The van der Waals surface area contributed by atoms with E-state index in [9.17, 15) is 9.59 Å². The molecular weight excluding hydrogens is 422 g/mol. The lowest BCUT2D eigenvalue weighted by Gasteiger charge is -2.19. The van der Waals surface area contributed by atoms with Crippen molar-refractivity contribution in [2.75, 3.05) is 35.4 Å². The number of aromatic nitrogens is 1. The minimum atomic E-state index is -0.447. The molecule has 0 saturated heterocycles. The Balaban J connectivity index is 2.26. The summed E-state index contributed by atoms with van der Waals surface area (Å²) in [7, 11) is 7.83. The molecule has 33 heavy (non-hydrogen) atoms. The van der Waals surface area contributed by atoms with Gasteiger partial charge < -0.3 is 14.4 Å². The van der Waals surface area contributed by atoms with Crippen molar-refractivity contribution in [2.24, 2.45) is 0 Å². The summed E-state index contributed by atoms with van der Waals surface area (Å²) in [5.41, 5.74) is 2.65. The highest BCUT2D eigenvalue weighted by Crippen LogP contribution is 2.35. The van der Waals surface area contributed by atoms with Crippen LogP contribution in [0.4, 0.5) is 0 Å². The third kappa shape index (κ3) is 4.85. The molecule has 3 aromatic rings. The van der Waals surface area contributed by atoms with E-state index in [1.807, 2.05) is 30.3 Å². The van der Waals surface area contributed by atoms with Gasteiger partial charge in [0, 0.05) is 32.4 Å². The monoisotopic (exact) mass is 451 g/mol. The molecule has 8 heteroatoms. The molecule has 0 unspecified atom stereocenters. The molecule has 0 aliphatic rings. The molecule has 0 bridgehead atoms. The predicted molar refractivity (Wildman–Crippen MR) is 125 cm³/mol. The first-order valence-corrected chi connectivity index (χ1v) is 10.4. The summed E-state index contributed by atoms with van der Waals surface area (Å²) < 4.78 is 13.1. The number of amides is 2. The van der Waals surface area contributed by atoms with Crippen molar-refractivity contribution in [3.8, 4) is 17.2 Å². The van der Waals surface area contributed by atoms with Crippen molar-refractivity contribution in [1.82, 2.24) is 14.5 Å². The number of carbonyl (C=O) groups excluding carboxylic acids is 2. The molecule has 0 spiro atoms. The number of rotatable bonds is 8. The van der Waals surface area contributed by atoms with Crippen LogP contribution in [-0.4, -0.2) is 61.7 Å². The Labute approximate surface area is 193 Å². The van der Waals surface area contributed by atoms with Crippen molar-refractivity contribution in [1.29, 1.82) is 0 Å². The molecule has 3 rings (SSSR count). The smallest absolute Gasteiger partial charge is 0.298 e. The van der Waals surface area contributed by atoms with Crippen LogP contribution in [0.5, 0.6) is 11.5 Å². The quantitative estimate of drug-likeness (QED) is 0.488. The third-order valence-corrected chi connectivity index (χ3v) is 5.29. The van der Waals surface area contributed by atoms with Crippen LogP contribution >= 0.6 is 0 Å². The maximum absolute atomic E-state index is 13.4. The normalized spacial score (nSPS) is 10.6. The van der Waals surface area contributed by atoms with E-state index >= 15 is 0 Å². The predicted octanol–water partition coefficient (Wildman–Crippen LogP) is 3.71. The first-order valence-electron chi connectivity index (χ1n) is 10.4. The Morgan fingerprint density at radius 3 is 2.06 bits per heavy atom. The Hall–Kier alpha value is -3.78. The summed E-state index contributed by atoms with van der Waals surface area (Å²) in [4.78, 5) is 33.3. The Bertz CT molecular complexity index is 1120. The zero-order valence-corrected chi connectivity index (χ0v) is 19.8. The zero-order chi connectivity index (χ0) is 24.1. The van der Waals surface area contributed by atoms with Gasteiger partial charge in [-0.1, -0.05) is 30.3 Å². The SMILES string of the molecule is COc1ccc(-n2c(C(=O)N(C)C)c(C)c(OCc3ccccc3)c2C(=O)N(C)OC)cc1. The third-order valence-electron chi connectivity index (χ3n) is 5.29. The molecule has 2 amide bonds. The average molecular weight is 452 g/mol. The number of ether oxygens (including phenoxy) is 2. The van der Waals surface area contributed by atoms with Gasteiger partial charge >= 0.3 is 0 Å². The van der Waals surface area contributed by atoms with Crippen molar-refractivity contribution < 1.29 is 23.9 Å². The molecular formula is C25H29N3O5. The molecule has 0 atom stereocenters. The van der Waals surface area contributed by atoms with Gasteiger partial charge in [0.1, 0.15) is 18.1 Å². The lowest BCUT2D eigenvalue weighted by molar-refractivity contribution is -0.0763. The van der Waals surface area contributed by atoms with Crippen LogP contribution in [0.1, 0.15) is 32.1 Å². The summed E-state index contributed by atoms with van der Waals surface area (Å²) in [6.07, 6.45) is 0. The summed E-state index contributed by atoms with van der Waals surface area (Å²) in [5.74, 6) is 0.281. The van der Waals surface area contributed by atoms with Gasteiger partial charge in [0.2, 0.25) is 0 Å². The highest BCUT2D eigenvalue weighted by Gasteiger charge is 2.33. The van der Waals surface area contributed by atoms with Gasteiger partial charge in [-0.15, -0.1) is 0 Å². The summed E-state index contributed by atoms with van der Waals surface area (Å²) in [6.45, 7) is 2.02. The minimum Gasteiger partial charge on any atom is -0.497 e. The highest BCUT2D eigenvalue weighted by atomic mass is 16.7. The van der Waals surface area contributed by atoms with Gasteiger partial charge in [0.05, 0.1) is 14.2 Å². The molecule has 174 valence electrons. The minimum absolute atomic E-state index is 0.197. The number of hydrogen-bond donors (Lipinski definition) is 0. The molecule has 0 saturated carbocycles. The second kappa shape index (κ2) is 10.2. The molecule has 0 radical (unpaired) electrons. The first kappa shape index (κ1) is 23.9. The fraction of sp³-hybridized carbons (Fsp3) is 0.280. The van der Waals surface area contributed by atoms with Gasteiger partial charge in [-0.2, -0.15) is 0 Å². The van der Waals surface area contributed by atoms with E-state index in [-0.39, 0.29) is 18.2 Å². The van der Waals surface area contributed by atoms with Gasteiger partial charge in [-0.25, -0.2) is 5.06 Å². The maximum Gasteiger partial charge on any atom is 0.298 e. The maximum atomic E-state index is 13.4. The van der Waals surface area contributed by atoms with Gasteiger partial charge in [-0.05, 0) is 36.8 Å². The number of hydrogen-bond acceptors (Lipinski definition) is 5. The van der Waals surface area contributed by atoms with E-state index in [2.05, 4.69) is 0 Å². The fourth-order valence-corrected chi connectivity index (χ4v) is 3.45. The van der Waals surface area contributed by atoms with Crippen molar-refractivity contribution in [2.45, 2.75) is 13.5 Å². The average Bonchev–Trinajstić information content (AvgIpc) is 3.13. The highest BCUT2D eigenvalue weighted by molar-refractivity contribution is 6.02.